The molecule has 0 atom stereocenters. The minimum absolute atomic E-state index is 0. The molecule has 0 nitrogen and oxygen atoms in total. The summed E-state index contributed by atoms with van der Waals surface area (Å²) >= 11 is 0. The van der Waals surface area contributed by atoms with Crippen LogP contribution in [0.1, 0.15) is 0 Å². The summed E-state index contributed by atoms with van der Waals surface area (Å²) in [4.78, 5) is 0. The molecule has 0 spiro atoms. The van der Waals surface area contributed by atoms with Crippen LogP contribution in [0.2, 0.25) is 0 Å². The number of hydrogen-bond acceptors (Lipinski definition) is 0. The summed E-state index contributed by atoms with van der Waals surface area (Å²) in [5.41, 5.74) is 0. The van der Waals surface area contributed by atoms with Crippen molar-refractivity contribution in [1.82, 2.24) is 0 Å². The third-order valence-corrected chi connectivity index (χ3v) is 1.27. The van der Waals surface area contributed by atoms with Crippen LogP contribution in [0.3, 0.4) is 0 Å². The van der Waals surface area contributed by atoms with Crippen molar-refractivity contribution in [2.24, 2.45) is 0 Å². The van der Waals surface area contributed by atoms with Crippen LogP contribution in [-0.4, -0.2) is 51.4 Å². The molecule has 0 saturated heterocycles. The van der Waals surface area contributed by atoms with Gasteiger partial charge in [-0.05, 0) is 11.6 Å². The van der Waals surface area contributed by atoms with Gasteiger partial charge in [0.1, 0.15) is 0 Å². The first-order chi connectivity index (χ1) is 2.50. The topological polar surface area (TPSA) is 0 Å². The summed E-state index contributed by atoms with van der Waals surface area (Å²) in [5.74, 6) is 4.31. The molecular weight excluding hydrogens is 118 g/mol. The summed E-state index contributed by atoms with van der Waals surface area (Å²) in [6.07, 6.45) is 0. The minimum Gasteiger partial charge on any atom is -0.140 e. The standard InChI is InChI=1S/C4H5P.K/c1-2-4-5-3-1;/h1-5H;. The molecule has 2 heteroatoms. The SMILES string of the molecule is [K].c1cc[pH]c1. The first kappa shape index (κ1) is 7.42. The molecule has 1 aromatic rings. The molecule has 1 radical (unpaired) electrons. The van der Waals surface area contributed by atoms with Crippen LogP contribution < -0.4 is 0 Å². The van der Waals surface area contributed by atoms with Gasteiger partial charge in [-0.15, -0.1) is 8.19 Å². The van der Waals surface area contributed by atoms with Gasteiger partial charge in [-0.3, -0.25) is 0 Å². The van der Waals surface area contributed by atoms with Crippen LogP contribution in [0.25, 0.3) is 0 Å². The average Bonchev–Trinajstić information content (AvgIpc) is 1.76. The van der Waals surface area contributed by atoms with E-state index in [1.54, 1.807) is 0 Å². The summed E-state index contributed by atoms with van der Waals surface area (Å²) in [7, 11) is 0.948. The van der Waals surface area contributed by atoms with E-state index in [4.69, 9.17) is 0 Å². The molecule has 6 heavy (non-hydrogen) atoms. The van der Waals surface area contributed by atoms with Crippen LogP contribution in [0, 0.1) is 0 Å². The molecule has 0 aliphatic rings. The fourth-order valence-corrected chi connectivity index (χ4v) is 0.833. The van der Waals surface area contributed by atoms with Crippen molar-refractivity contribution in [2.75, 3.05) is 0 Å². The Kier molecular flexibility index (Phi) is 5.65. The van der Waals surface area contributed by atoms with Crippen molar-refractivity contribution >= 4 is 59.6 Å². The molecule has 0 aromatic carbocycles. The third-order valence-electron chi connectivity index (χ3n) is 0.496. The van der Waals surface area contributed by atoms with Crippen LogP contribution in [0.4, 0.5) is 0 Å². The van der Waals surface area contributed by atoms with Crippen molar-refractivity contribution in [1.29, 1.82) is 0 Å². The molecule has 0 unspecified atom stereocenters. The van der Waals surface area contributed by atoms with E-state index in [1.165, 1.54) is 0 Å². The zero-order valence-corrected chi connectivity index (χ0v) is 7.93. The Bertz CT molecular complexity index is 64.0. The Labute approximate surface area is 81.8 Å². The van der Waals surface area contributed by atoms with Crippen LogP contribution in [0.5, 0.6) is 0 Å². The summed E-state index contributed by atoms with van der Waals surface area (Å²) in [6, 6.07) is 4.14. The predicted octanol–water partition coefficient (Wildman–Crippen LogP) is 1.34. The summed E-state index contributed by atoms with van der Waals surface area (Å²) in [6.45, 7) is 0. The third kappa shape index (κ3) is 2.57. The van der Waals surface area contributed by atoms with E-state index in [2.05, 4.69) is 23.7 Å². The van der Waals surface area contributed by atoms with Gasteiger partial charge in [0, 0.05) is 51.4 Å². The second-order valence-corrected chi connectivity index (χ2v) is 1.88. The average molecular weight is 123 g/mol. The van der Waals surface area contributed by atoms with Crippen LogP contribution >= 0.6 is 8.19 Å². The van der Waals surface area contributed by atoms with Gasteiger partial charge in [0.25, 0.3) is 0 Å². The van der Waals surface area contributed by atoms with Gasteiger partial charge in [0.05, 0.1) is 0 Å². The molecule has 0 aliphatic heterocycles. The zero-order chi connectivity index (χ0) is 3.54. The van der Waals surface area contributed by atoms with E-state index in [0.29, 0.717) is 0 Å². The van der Waals surface area contributed by atoms with Crippen molar-refractivity contribution in [3.05, 3.63) is 23.7 Å². The van der Waals surface area contributed by atoms with Crippen molar-refractivity contribution in [3.8, 4) is 0 Å². The summed E-state index contributed by atoms with van der Waals surface area (Å²) < 4.78 is 0. The molecule has 0 N–H and O–H groups in total. The van der Waals surface area contributed by atoms with Crippen molar-refractivity contribution in [3.63, 3.8) is 0 Å². The van der Waals surface area contributed by atoms with Gasteiger partial charge < -0.3 is 0 Å². The molecule has 1 aromatic heterocycles. The summed E-state index contributed by atoms with van der Waals surface area (Å²) in [5, 5.41) is 0. The fraction of sp³-hybridized carbons (Fsp3) is 0. The molecule has 0 saturated carbocycles. The molecule has 0 aliphatic carbocycles. The zero-order valence-electron chi connectivity index (χ0n) is 3.81. The first-order valence-electron chi connectivity index (χ1n) is 1.58. The molecular formula is C4H5KP. The maximum absolute atomic E-state index is 2.15. The Morgan fingerprint density at radius 2 is 1.50 bits per heavy atom. The minimum atomic E-state index is 0. The van der Waals surface area contributed by atoms with Gasteiger partial charge in [-0.1, -0.05) is 12.1 Å². The smallest absolute Gasteiger partial charge is 0 e. The molecule has 27 valence electrons. The van der Waals surface area contributed by atoms with E-state index in [9.17, 15) is 0 Å². The van der Waals surface area contributed by atoms with Gasteiger partial charge >= 0.3 is 0 Å². The number of hydrogen-bond donors (Lipinski definition) is 0. The largest absolute Gasteiger partial charge is 0.140 e. The normalized spacial score (nSPS) is 6.67. The van der Waals surface area contributed by atoms with Crippen molar-refractivity contribution in [2.45, 2.75) is 0 Å². The second kappa shape index (κ2) is 4.57. The molecule has 0 bridgehead atoms. The van der Waals surface area contributed by atoms with E-state index in [0.717, 1.165) is 8.19 Å². The van der Waals surface area contributed by atoms with Crippen LogP contribution in [0.15, 0.2) is 23.7 Å². The van der Waals surface area contributed by atoms with Gasteiger partial charge in [0.2, 0.25) is 0 Å². The molecule has 0 fully saturated rings. The Hall–Kier alpha value is 1.42. The predicted molar refractivity (Wildman–Crippen MR) is 31.7 cm³/mol. The van der Waals surface area contributed by atoms with E-state index < -0.39 is 0 Å². The molecule has 0 amide bonds. The number of rotatable bonds is 0. The fourth-order valence-electron chi connectivity index (χ4n) is 0.278. The first-order valence-corrected chi connectivity index (χ1v) is 2.73. The maximum atomic E-state index is 2.15. The van der Waals surface area contributed by atoms with E-state index in [1.807, 2.05) is 0 Å². The van der Waals surface area contributed by atoms with E-state index in [-0.39, 0.29) is 51.4 Å². The monoisotopic (exact) mass is 123 g/mol. The Morgan fingerprint density at radius 1 is 1.00 bits per heavy atom. The Balaban J connectivity index is 0.000000250. The second-order valence-electron chi connectivity index (χ2n) is 0.885. The van der Waals surface area contributed by atoms with Gasteiger partial charge in [-0.25, -0.2) is 0 Å². The quantitative estimate of drug-likeness (QED) is 0.457. The Morgan fingerprint density at radius 3 is 1.67 bits per heavy atom. The molecule has 1 rings (SSSR count). The molecule has 1 heterocycles. The van der Waals surface area contributed by atoms with Crippen LogP contribution in [-0.2, 0) is 0 Å². The van der Waals surface area contributed by atoms with Gasteiger partial charge in [-0.2, -0.15) is 0 Å². The van der Waals surface area contributed by atoms with Crippen molar-refractivity contribution < 1.29 is 0 Å². The maximum Gasteiger partial charge on any atom is 0 e. The van der Waals surface area contributed by atoms with Gasteiger partial charge in [0.15, 0.2) is 0 Å². The van der Waals surface area contributed by atoms with E-state index >= 15 is 0 Å².